The molecular weight excluding hydrogens is 290 g/mol. The molecule has 0 saturated carbocycles. The first kappa shape index (κ1) is 15.9. The van der Waals surface area contributed by atoms with Gasteiger partial charge in [0.2, 0.25) is 5.88 Å². The highest BCUT2D eigenvalue weighted by Crippen LogP contribution is 2.11. The molecule has 6 heteroatoms. The number of hydrogen-bond acceptors (Lipinski definition) is 3. The predicted octanol–water partition coefficient (Wildman–Crippen LogP) is 3.08. The number of nitrogens with one attached hydrogen (secondary N) is 1. The van der Waals surface area contributed by atoms with Gasteiger partial charge in [0, 0.05) is 18.8 Å². The summed E-state index contributed by atoms with van der Waals surface area (Å²) in [6.45, 7) is 2.74. The minimum atomic E-state index is -0.764. The molecule has 1 aromatic carbocycles. The van der Waals surface area contributed by atoms with E-state index >= 15 is 0 Å². The molecule has 1 amide bonds. The van der Waals surface area contributed by atoms with Gasteiger partial charge in [0.25, 0.3) is 5.91 Å². The van der Waals surface area contributed by atoms with Gasteiger partial charge in [-0.2, -0.15) is 0 Å². The first-order valence-electron chi connectivity index (χ1n) is 6.91. The number of aromatic nitrogens is 1. The van der Waals surface area contributed by atoms with Gasteiger partial charge in [-0.05, 0) is 30.2 Å². The van der Waals surface area contributed by atoms with Crippen molar-refractivity contribution in [1.82, 2.24) is 10.3 Å². The van der Waals surface area contributed by atoms with Crippen molar-refractivity contribution in [3.05, 3.63) is 59.3 Å². The summed E-state index contributed by atoms with van der Waals surface area (Å²) in [6, 6.07) is 6.20. The average molecular weight is 306 g/mol. The topological polar surface area (TPSA) is 51.2 Å². The predicted molar refractivity (Wildman–Crippen MR) is 77.6 cm³/mol. The standard InChI is InChI=1S/C16H16F2N2O2/c1-2-7-22-15-6-3-11(9-19-15)10-20-16(21)13-8-12(17)4-5-14(13)18/h3-6,8-9H,2,7,10H2,1H3,(H,20,21). The lowest BCUT2D eigenvalue weighted by Gasteiger charge is -2.07. The molecular formula is C16H16F2N2O2. The number of carbonyl (C=O) groups is 1. The molecule has 2 aromatic rings. The molecule has 0 aliphatic carbocycles. The number of pyridine rings is 1. The summed E-state index contributed by atoms with van der Waals surface area (Å²) in [5.74, 6) is -1.60. The Bertz CT molecular complexity index is 645. The second-order valence-corrected chi connectivity index (χ2v) is 4.66. The van der Waals surface area contributed by atoms with E-state index in [1.54, 1.807) is 18.3 Å². The van der Waals surface area contributed by atoms with E-state index in [1.165, 1.54) is 0 Å². The third-order valence-electron chi connectivity index (χ3n) is 2.88. The molecule has 0 fully saturated rings. The van der Waals surface area contributed by atoms with E-state index in [-0.39, 0.29) is 12.1 Å². The van der Waals surface area contributed by atoms with Gasteiger partial charge in [0.05, 0.1) is 12.2 Å². The van der Waals surface area contributed by atoms with Crippen LogP contribution in [0.3, 0.4) is 0 Å². The Morgan fingerprint density at radius 3 is 2.77 bits per heavy atom. The summed E-state index contributed by atoms with van der Waals surface area (Å²) < 4.78 is 31.9. The highest BCUT2D eigenvalue weighted by atomic mass is 19.1. The lowest BCUT2D eigenvalue weighted by Crippen LogP contribution is -2.24. The fourth-order valence-electron chi connectivity index (χ4n) is 1.76. The molecule has 0 unspecified atom stereocenters. The van der Waals surface area contributed by atoms with Crippen molar-refractivity contribution in [3.8, 4) is 5.88 Å². The zero-order valence-electron chi connectivity index (χ0n) is 12.1. The fourth-order valence-corrected chi connectivity index (χ4v) is 1.76. The van der Waals surface area contributed by atoms with Gasteiger partial charge in [-0.15, -0.1) is 0 Å². The Kier molecular flexibility index (Phi) is 5.41. The van der Waals surface area contributed by atoms with Crippen LogP contribution in [0.1, 0.15) is 29.3 Å². The molecule has 0 aliphatic rings. The number of carbonyl (C=O) groups excluding carboxylic acids is 1. The molecule has 4 nitrogen and oxygen atoms in total. The Balaban J connectivity index is 1.94. The second-order valence-electron chi connectivity index (χ2n) is 4.66. The Hall–Kier alpha value is -2.50. The van der Waals surface area contributed by atoms with E-state index in [0.717, 1.165) is 30.2 Å². The summed E-state index contributed by atoms with van der Waals surface area (Å²) in [7, 11) is 0. The van der Waals surface area contributed by atoms with Gasteiger partial charge < -0.3 is 10.1 Å². The van der Waals surface area contributed by atoms with Crippen LogP contribution in [-0.4, -0.2) is 17.5 Å². The number of amides is 1. The molecule has 1 heterocycles. The van der Waals surface area contributed by atoms with Crippen LogP contribution in [0.25, 0.3) is 0 Å². The van der Waals surface area contributed by atoms with Crippen LogP contribution in [0.15, 0.2) is 36.5 Å². The number of rotatable bonds is 6. The normalized spacial score (nSPS) is 10.3. The van der Waals surface area contributed by atoms with Gasteiger partial charge in [0.15, 0.2) is 0 Å². The first-order valence-corrected chi connectivity index (χ1v) is 6.91. The van der Waals surface area contributed by atoms with Crippen LogP contribution in [0.5, 0.6) is 5.88 Å². The largest absolute Gasteiger partial charge is 0.478 e. The fraction of sp³-hybridized carbons (Fsp3) is 0.250. The van der Waals surface area contributed by atoms with Crippen LogP contribution in [-0.2, 0) is 6.54 Å². The van der Waals surface area contributed by atoms with Gasteiger partial charge >= 0.3 is 0 Å². The third-order valence-corrected chi connectivity index (χ3v) is 2.88. The number of nitrogens with zero attached hydrogens (tertiary/aromatic N) is 1. The molecule has 0 saturated heterocycles. The Labute approximate surface area is 127 Å². The third kappa shape index (κ3) is 4.25. The van der Waals surface area contributed by atoms with Crippen LogP contribution in [0, 0.1) is 11.6 Å². The molecule has 116 valence electrons. The second kappa shape index (κ2) is 7.49. The minimum absolute atomic E-state index is 0.163. The van der Waals surface area contributed by atoms with Crippen molar-refractivity contribution in [1.29, 1.82) is 0 Å². The molecule has 22 heavy (non-hydrogen) atoms. The molecule has 0 atom stereocenters. The maximum Gasteiger partial charge on any atom is 0.254 e. The van der Waals surface area contributed by atoms with E-state index < -0.39 is 17.5 Å². The van der Waals surface area contributed by atoms with Crippen LogP contribution in [0.4, 0.5) is 8.78 Å². The molecule has 2 rings (SSSR count). The quantitative estimate of drug-likeness (QED) is 0.892. The number of benzene rings is 1. The SMILES string of the molecule is CCCOc1ccc(CNC(=O)c2cc(F)ccc2F)cn1. The number of halogens is 2. The average Bonchev–Trinajstić information content (AvgIpc) is 2.54. The van der Waals surface area contributed by atoms with E-state index in [1.807, 2.05) is 6.92 Å². The Morgan fingerprint density at radius 2 is 2.09 bits per heavy atom. The van der Waals surface area contributed by atoms with Crippen molar-refractivity contribution in [2.75, 3.05) is 6.61 Å². The van der Waals surface area contributed by atoms with Crippen molar-refractivity contribution in [3.63, 3.8) is 0 Å². The van der Waals surface area contributed by atoms with Gasteiger partial charge in [-0.1, -0.05) is 13.0 Å². The lowest BCUT2D eigenvalue weighted by molar-refractivity contribution is 0.0946. The van der Waals surface area contributed by atoms with E-state index in [4.69, 9.17) is 4.74 Å². The number of hydrogen-bond donors (Lipinski definition) is 1. The maximum absolute atomic E-state index is 13.5. The van der Waals surface area contributed by atoms with Crippen LogP contribution < -0.4 is 10.1 Å². The van der Waals surface area contributed by atoms with Gasteiger partial charge in [0.1, 0.15) is 11.6 Å². The van der Waals surface area contributed by atoms with E-state index in [2.05, 4.69) is 10.3 Å². The molecule has 1 aromatic heterocycles. The van der Waals surface area contributed by atoms with Crippen molar-refractivity contribution in [2.24, 2.45) is 0 Å². The summed E-state index contributed by atoms with van der Waals surface area (Å²) in [4.78, 5) is 15.9. The van der Waals surface area contributed by atoms with Gasteiger partial charge in [-0.25, -0.2) is 13.8 Å². The molecule has 0 spiro atoms. The lowest BCUT2D eigenvalue weighted by atomic mass is 10.2. The monoisotopic (exact) mass is 306 g/mol. The summed E-state index contributed by atoms with van der Waals surface area (Å²) in [6.07, 6.45) is 2.45. The Morgan fingerprint density at radius 1 is 1.27 bits per heavy atom. The minimum Gasteiger partial charge on any atom is -0.478 e. The van der Waals surface area contributed by atoms with Crippen LogP contribution >= 0.6 is 0 Å². The zero-order chi connectivity index (χ0) is 15.9. The first-order chi connectivity index (χ1) is 10.6. The van der Waals surface area contributed by atoms with Crippen molar-refractivity contribution in [2.45, 2.75) is 19.9 Å². The summed E-state index contributed by atoms with van der Waals surface area (Å²) in [5, 5.41) is 2.52. The molecule has 0 radical (unpaired) electrons. The smallest absolute Gasteiger partial charge is 0.254 e. The highest BCUT2D eigenvalue weighted by Gasteiger charge is 2.12. The van der Waals surface area contributed by atoms with Crippen LogP contribution in [0.2, 0.25) is 0 Å². The molecule has 0 bridgehead atoms. The number of ether oxygens (including phenoxy) is 1. The molecule has 1 N–H and O–H groups in total. The van der Waals surface area contributed by atoms with E-state index in [0.29, 0.717) is 12.5 Å². The van der Waals surface area contributed by atoms with Gasteiger partial charge in [-0.3, -0.25) is 4.79 Å². The summed E-state index contributed by atoms with van der Waals surface area (Å²) >= 11 is 0. The molecule has 0 aliphatic heterocycles. The van der Waals surface area contributed by atoms with E-state index in [9.17, 15) is 13.6 Å². The van der Waals surface area contributed by atoms with Crippen molar-refractivity contribution < 1.29 is 18.3 Å². The zero-order valence-corrected chi connectivity index (χ0v) is 12.1. The highest BCUT2D eigenvalue weighted by molar-refractivity contribution is 5.94. The summed E-state index contributed by atoms with van der Waals surface area (Å²) in [5.41, 5.74) is 0.407. The maximum atomic E-state index is 13.5. The van der Waals surface area contributed by atoms with Crippen molar-refractivity contribution >= 4 is 5.91 Å².